The minimum atomic E-state index is -1.58. The Labute approximate surface area is 118 Å². The molecule has 20 heavy (non-hydrogen) atoms. The Morgan fingerprint density at radius 1 is 1.00 bits per heavy atom. The zero-order valence-electron chi connectivity index (χ0n) is 12.7. The van der Waals surface area contributed by atoms with Crippen LogP contribution in [0.15, 0.2) is 0 Å². The maximum absolute atomic E-state index is 11.5. The van der Waals surface area contributed by atoms with Gasteiger partial charge in [-0.05, 0) is 41.5 Å². The van der Waals surface area contributed by atoms with Crippen LogP contribution in [0.25, 0.3) is 0 Å². The average Bonchev–Trinajstić information content (AvgIpc) is 2.09. The van der Waals surface area contributed by atoms with Crippen molar-refractivity contribution in [2.24, 2.45) is 0 Å². The largest absolute Gasteiger partial charge is 0.548 e. The lowest BCUT2D eigenvalue weighted by atomic mass is 10.1. The van der Waals surface area contributed by atoms with E-state index in [1.807, 2.05) is 0 Å². The molecule has 0 aliphatic carbocycles. The second kappa shape index (κ2) is 6.58. The number of rotatable bonds is 4. The molecule has 1 amide bonds. The van der Waals surface area contributed by atoms with Crippen molar-refractivity contribution in [3.63, 3.8) is 0 Å². The fraction of sp³-hybridized carbons (Fsp3) is 0.769. The van der Waals surface area contributed by atoms with E-state index in [-0.39, 0.29) is 0 Å². The van der Waals surface area contributed by atoms with Gasteiger partial charge in [-0.15, -0.1) is 0 Å². The standard InChI is InChI=1S/C13H23NO6/c1-12(2,3)19-9(15)7-8(10(16)17)14-11(18)20-13(4,5)6/h8H,7H2,1-6H3,(H,14,18)(H,16,17)/p-1/t8-/m0/s1. The molecule has 0 aliphatic heterocycles. The highest BCUT2D eigenvalue weighted by atomic mass is 16.6. The summed E-state index contributed by atoms with van der Waals surface area (Å²) in [4.78, 5) is 33.9. The molecule has 0 aliphatic rings. The number of amides is 1. The topological polar surface area (TPSA) is 105 Å². The van der Waals surface area contributed by atoms with E-state index >= 15 is 0 Å². The normalized spacial score (nSPS) is 13.3. The minimum absolute atomic E-state index is 0.529. The predicted octanol–water partition coefficient (Wildman–Crippen LogP) is 0.361. The highest BCUT2D eigenvalue weighted by Crippen LogP contribution is 2.10. The molecule has 0 rings (SSSR count). The summed E-state index contributed by atoms with van der Waals surface area (Å²) < 4.78 is 9.89. The smallest absolute Gasteiger partial charge is 0.408 e. The lowest BCUT2D eigenvalue weighted by Crippen LogP contribution is -2.50. The molecular weight excluding hydrogens is 266 g/mol. The van der Waals surface area contributed by atoms with Crippen LogP contribution in [0.2, 0.25) is 0 Å². The molecule has 0 bridgehead atoms. The summed E-state index contributed by atoms with van der Waals surface area (Å²) in [6.45, 7) is 9.86. The predicted molar refractivity (Wildman–Crippen MR) is 68.6 cm³/mol. The van der Waals surface area contributed by atoms with Gasteiger partial charge in [-0.1, -0.05) is 0 Å². The van der Waals surface area contributed by atoms with Gasteiger partial charge in [-0.25, -0.2) is 4.79 Å². The first-order valence-electron chi connectivity index (χ1n) is 6.22. The Balaban J connectivity index is 4.56. The Morgan fingerprint density at radius 2 is 1.45 bits per heavy atom. The zero-order valence-corrected chi connectivity index (χ0v) is 12.7. The molecule has 116 valence electrons. The summed E-state index contributed by atoms with van der Waals surface area (Å²) in [6.07, 6.45) is -1.46. The van der Waals surface area contributed by atoms with Crippen molar-refractivity contribution in [2.75, 3.05) is 0 Å². The molecule has 1 atom stereocenters. The molecule has 0 saturated carbocycles. The van der Waals surface area contributed by atoms with Gasteiger partial charge >= 0.3 is 12.1 Å². The van der Waals surface area contributed by atoms with Gasteiger partial charge in [0.2, 0.25) is 0 Å². The van der Waals surface area contributed by atoms with Crippen molar-refractivity contribution in [1.82, 2.24) is 5.32 Å². The number of nitrogens with one attached hydrogen (secondary N) is 1. The van der Waals surface area contributed by atoms with E-state index in [2.05, 4.69) is 5.32 Å². The Morgan fingerprint density at radius 3 is 1.80 bits per heavy atom. The molecule has 7 nitrogen and oxygen atoms in total. The fourth-order valence-corrected chi connectivity index (χ4v) is 1.19. The fourth-order valence-electron chi connectivity index (χ4n) is 1.19. The molecule has 0 unspecified atom stereocenters. The summed E-state index contributed by atoms with van der Waals surface area (Å²) in [5, 5.41) is 13.0. The highest BCUT2D eigenvalue weighted by molar-refractivity contribution is 5.84. The van der Waals surface area contributed by atoms with E-state index in [1.165, 1.54) is 0 Å². The van der Waals surface area contributed by atoms with Crippen LogP contribution in [0.4, 0.5) is 4.79 Å². The van der Waals surface area contributed by atoms with Crippen molar-refractivity contribution < 1.29 is 29.0 Å². The van der Waals surface area contributed by atoms with E-state index in [1.54, 1.807) is 41.5 Å². The van der Waals surface area contributed by atoms with Crippen LogP contribution in [0.5, 0.6) is 0 Å². The number of carbonyl (C=O) groups is 3. The number of carboxylic acid groups (broad SMARTS) is 1. The van der Waals surface area contributed by atoms with Crippen LogP contribution in [0.3, 0.4) is 0 Å². The number of hydrogen-bond acceptors (Lipinski definition) is 6. The van der Waals surface area contributed by atoms with Crippen molar-refractivity contribution in [3.05, 3.63) is 0 Å². The minimum Gasteiger partial charge on any atom is -0.548 e. The van der Waals surface area contributed by atoms with Crippen LogP contribution >= 0.6 is 0 Å². The Kier molecular flexibility index (Phi) is 5.99. The van der Waals surface area contributed by atoms with E-state index in [4.69, 9.17) is 9.47 Å². The van der Waals surface area contributed by atoms with Gasteiger partial charge < -0.3 is 24.7 Å². The first-order valence-corrected chi connectivity index (χ1v) is 6.22. The highest BCUT2D eigenvalue weighted by Gasteiger charge is 2.24. The van der Waals surface area contributed by atoms with Crippen molar-refractivity contribution in [1.29, 1.82) is 0 Å². The Bertz CT molecular complexity index is 347. The van der Waals surface area contributed by atoms with Gasteiger partial charge in [0, 0.05) is 0 Å². The molecule has 0 radical (unpaired) electrons. The van der Waals surface area contributed by atoms with Gasteiger partial charge in [0.05, 0.1) is 18.4 Å². The molecule has 0 aromatic rings. The number of ether oxygens (including phenoxy) is 2. The zero-order chi connectivity index (χ0) is 16.1. The van der Waals surface area contributed by atoms with Crippen molar-refractivity contribution in [3.8, 4) is 0 Å². The summed E-state index contributed by atoms with van der Waals surface area (Å²) in [5.41, 5.74) is -1.51. The summed E-state index contributed by atoms with van der Waals surface area (Å²) >= 11 is 0. The molecule has 7 heteroatoms. The quantitative estimate of drug-likeness (QED) is 0.749. The average molecular weight is 288 g/mol. The van der Waals surface area contributed by atoms with Crippen LogP contribution in [0.1, 0.15) is 48.0 Å². The van der Waals surface area contributed by atoms with E-state index in [9.17, 15) is 19.5 Å². The third-order valence-electron chi connectivity index (χ3n) is 1.77. The number of hydrogen-bond donors (Lipinski definition) is 1. The van der Waals surface area contributed by atoms with Crippen molar-refractivity contribution in [2.45, 2.75) is 65.2 Å². The van der Waals surface area contributed by atoms with E-state index in [0.717, 1.165) is 0 Å². The number of aliphatic carboxylic acids is 1. The third-order valence-corrected chi connectivity index (χ3v) is 1.77. The SMILES string of the molecule is CC(C)(C)OC(=O)C[C@H](NC(=O)OC(C)(C)C)C(=O)[O-]. The number of carbonyl (C=O) groups excluding carboxylic acids is 3. The van der Waals surface area contributed by atoms with Gasteiger partial charge in [-0.3, -0.25) is 4.79 Å². The summed E-state index contributed by atoms with van der Waals surface area (Å²) in [6, 6.07) is -1.50. The van der Waals surface area contributed by atoms with Crippen LogP contribution < -0.4 is 10.4 Å². The van der Waals surface area contributed by atoms with Crippen LogP contribution in [-0.4, -0.2) is 35.3 Å². The second-order valence-corrected chi connectivity index (χ2v) is 6.31. The number of carboxylic acids is 1. The Hall–Kier alpha value is -1.79. The summed E-state index contributed by atoms with van der Waals surface area (Å²) in [5.74, 6) is -2.33. The second-order valence-electron chi connectivity index (χ2n) is 6.31. The molecule has 0 aromatic heterocycles. The molecule has 1 N–H and O–H groups in total. The lowest BCUT2D eigenvalue weighted by Gasteiger charge is -2.25. The first-order chi connectivity index (χ1) is 8.80. The van der Waals surface area contributed by atoms with Crippen LogP contribution in [-0.2, 0) is 19.1 Å². The first kappa shape index (κ1) is 18.2. The third kappa shape index (κ3) is 9.18. The molecule has 0 fully saturated rings. The van der Waals surface area contributed by atoms with Gasteiger partial charge in [-0.2, -0.15) is 0 Å². The molecule has 0 heterocycles. The number of esters is 1. The van der Waals surface area contributed by atoms with Gasteiger partial charge in [0.25, 0.3) is 0 Å². The van der Waals surface area contributed by atoms with Crippen LogP contribution in [0, 0.1) is 0 Å². The maximum atomic E-state index is 11.5. The van der Waals surface area contributed by atoms with Gasteiger partial charge in [0.15, 0.2) is 0 Å². The maximum Gasteiger partial charge on any atom is 0.408 e. The molecular formula is C13H22NO6-. The molecule has 0 aromatic carbocycles. The number of alkyl carbamates (subject to hydrolysis) is 1. The molecule has 0 saturated heterocycles. The monoisotopic (exact) mass is 288 g/mol. The summed E-state index contributed by atoms with van der Waals surface area (Å²) in [7, 11) is 0. The lowest BCUT2D eigenvalue weighted by molar-refractivity contribution is -0.308. The van der Waals surface area contributed by atoms with Gasteiger partial charge in [0.1, 0.15) is 11.2 Å². The molecule has 0 spiro atoms. The van der Waals surface area contributed by atoms with Crippen molar-refractivity contribution >= 4 is 18.0 Å². The van der Waals surface area contributed by atoms with E-state index < -0.39 is 41.7 Å². The van der Waals surface area contributed by atoms with E-state index in [0.29, 0.717) is 0 Å².